The van der Waals surface area contributed by atoms with Crippen LogP contribution < -0.4 is 15.0 Å². The molecule has 112 valence electrons. The normalized spacial score (nSPS) is 16.9. The molecule has 1 unspecified atom stereocenters. The van der Waals surface area contributed by atoms with Crippen LogP contribution in [0.25, 0.3) is 0 Å². The van der Waals surface area contributed by atoms with E-state index in [0.29, 0.717) is 12.0 Å². The minimum Gasteiger partial charge on any atom is -0.460 e. The van der Waals surface area contributed by atoms with Crippen LogP contribution in [-0.4, -0.2) is 41.2 Å². The first-order valence-corrected chi connectivity index (χ1v) is 7.58. The molecule has 0 bridgehead atoms. The van der Waals surface area contributed by atoms with Crippen LogP contribution in [-0.2, 0) is 0 Å². The Morgan fingerprint density at radius 3 is 2.60 bits per heavy atom. The fourth-order valence-corrected chi connectivity index (χ4v) is 2.39. The fraction of sp³-hybridized carbons (Fsp3) is 0.786. The van der Waals surface area contributed by atoms with Gasteiger partial charge in [0.15, 0.2) is 0 Å². The van der Waals surface area contributed by atoms with Crippen LogP contribution in [0.15, 0.2) is 0 Å². The van der Waals surface area contributed by atoms with E-state index in [1.54, 1.807) is 0 Å². The molecule has 0 spiro atoms. The largest absolute Gasteiger partial charge is 0.460 e. The quantitative estimate of drug-likeness (QED) is 0.863. The molecule has 1 aromatic heterocycles. The molecule has 0 radical (unpaired) electrons. The van der Waals surface area contributed by atoms with Gasteiger partial charge >= 0.3 is 6.01 Å². The standard InChI is InChI=1S/C14H25N5O/c1-4-8-11(2)20-14-17-12(15-3)16-13(18-14)19-9-6-5-7-10-19/h11H,4-10H2,1-3H3,(H,15,16,17,18). The zero-order valence-corrected chi connectivity index (χ0v) is 12.7. The fourth-order valence-electron chi connectivity index (χ4n) is 2.39. The van der Waals surface area contributed by atoms with Crippen molar-refractivity contribution in [3.63, 3.8) is 0 Å². The number of hydrogen-bond donors (Lipinski definition) is 1. The minimum atomic E-state index is 0.126. The number of nitrogens with zero attached hydrogens (tertiary/aromatic N) is 4. The lowest BCUT2D eigenvalue weighted by Crippen LogP contribution is -2.31. The summed E-state index contributed by atoms with van der Waals surface area (Å²) in [5, 5.41) is 2.98. The van der Waals surface area contributed by atoms with Gasteiger partial charge in [0, 0.05) is 20.1 Å². The zero-order chi connectivity index (χ0) is 14.4. The van der Waals surface area contributed by atoms with E-state index >= 15 is 0 Å². The van der Waals surface area contributed by atoms with E-state index in [1.165, 1.54) is 19.3 Å². The van der Waals surface area contributed by atoms with Gasteiger partial charge in [0.1, 0.15) is 0 Å². The monoisotopic (exact) mass is 279 g/mol. The van der Waals surface area contributed by atoms with E-state index in [9.17, 15) is 0 Å². The Morgan fingerprint density at radius 2 is 1.95 bits per heavy atom. The van der Waals surface area contributed by atoms with Crippen LogP contribution >= 0.6 is 0 Å². The van der Waals surface area contributed by atoms with E-state index in [1.807, 2.05) is 14.0 Å². The first-order valence-electron chi connectivity index (χ1n) is 7.58. The van der Waals surface area contributed by atoms with Gasteiger partial charge in [-0.3, -0.25) is 0 Å². The Labute approximate surface area is 121 Å². The molecule has 20 heavy (non-hydrogen) atoms. The van der Waals surface area contributed by atoms with Crippen molar-refractivity contribution >= 4 is 11.9 Å². The summed E-state index contributed by atoms with van der Waals surface area (Å²) in [6.07, 6.45) is 5.90. The average Bonchev–Trinajstić information content (AvgIpc) is 2.48. The first kappa shape index (κ1) is 14.8. The summed E-state index contributed by atoms with van der Waals surface area (Å²) in [5.41, 5.74) is 0. The van der Waals surface area contributed by atoms with Crippen LogP contribution in [0.3, 0.4) is 0 Å². The highest BCUT2D eigenvalue weighted by Gasteiger charge is 2.17. The predicted octanol–water partition coefficient (Wildman–Crippen LogP) is 2.47. The van der Waals surface area contributed by atoms with Crippen molar-refractivity contribution in [3.05, 3.63) is 0 Å². The molecule has 1 atom stereocenters. The number of piperidine rings is 1. The van der Waals surface area contributed by atoms with Crippen molar-refractivity contribution in [2.45, 2.75) is 52.1 Å². The van der Waals surface area contributed by atoms with Gasteiger partial charge in [-0.05, 0) is 32.6 Å². The van der Waals surface area contributed by atoms with E-state index in [4.69, 9.17) is 4.74 Å². The number of anilines is 2. The topological polar surface area (TPSA) is 63.2 Å². The van der Waals surface area contributed by atoms with Crippen LogP contribution in [0, 0.1) is 0 Å². The van der Waals surface area contributed by atoms with Gasteiger partial charge in [0.25, 0.3) is 0 Å². The second-order valence-corrected chi connectivity index (χ2v) is 5.26. The molecule has 1 saturated heterocycles. The molecule has 1 fully saturated rings. The molecule has 0 aromatic carbocycles. The number of ether oxygens (including phenoxy) is 1. The van der Waals surface area contributed by atoms with Crippen molar-refractivity contribution in [1.82, 2.24) is 15.0 Å². The smallest absolute Gasteiger partial charge is 0.323 e. The Hall–Kier alpha value is -1.59. The number of aromatic nitrogens is 3. The third kappa shape index (κ3) is 3.95. The molecule has 0 saturated carbocycles. The molecule has 6 nitrogen and oxygen atoms in total. The van der Waals surface area contributed by atoms with Gasteiger partial charge in [-0.2, -0.15) is 15.0 Å². The summed E-state index contributed by atoms with van der Waals surface area (Å²) in [5.74, 6) is 1.29. The number of hydrogen-bond acceptors (Lipinski definition) is 6. The second kappa shape index (κ2) is 7.26. The molecule has 1 aromatic rings. The SMILES string of the molecule is CCCC(C)Oc1nc(NC)nc(N2CCCCC2)n1. The van der Waals surface area contributed by atoms with Gasteiger partial charge in [0.05, 0.1) is 6.10 Å². The highest BCUT2D eigenvalue weighted by Crippen LogP contribution is 2.20. The van der Waals surface area contributed by atoms with Crippen molar-refractivity contribution in [2.24, 2.45) is 0 Å². The molecular weight excluding hydrogens is 254 g/mol. The van der Waals surface area contributed by atoms with Crippen LogP contribution in [0.4, 0.5) is 11.9 Å². The van der Waals surface area contributed by atoms with Crippen LogP contribution in [0.1, 0.15) is 46.0 Å². The third-order valence-electron chi connectivity index (χ3n) is 3.47. The van der Waals surface area contributed by atoms with E-state index in [0.717, 1.165) is 31.9 Å². The summed E-state index contributed by atoms with van der Waals surface area (Å²) in [7, 11) is 1.81. The lowest BCUT2D eigenvalue weighted by Gasteiger charge is -2.27. The molecule has 2 rings (SSSR count). The van der Waals surface area contributed by atoms with Crippen molar-refractivity contribution in [3.8, 4) is 6.01 Å². The lowest BCUT2D eigenvalue weighted by molar-refractivity contribution is 0.192. The van der Waals surface area contributed by atoms with E-state index in [-0.39, 0.29) is 6.10 Å². The number of rotatable bonds is 6. The Bertz CT molecular complexity index is 420. The molecule has 0 aliphatic carbocycles. The molecule has 0 amide bonds. The van der Waals surface area contributed by atoms with Crippen molar-refractivity contribution in [2.75, 3.05) is 30.4 Å². The summed E-state index contributed by atoms with van der Waals surface area (Å²) in [4.78, 5) is 15.4. The highest BCUT2D eigenvalue weighted by molar-refractivity contribution is 5.38. The maximum atomic E-state index is 5.80. The molecule has 6 heteroatoms. The van der Waals surface area contributed by atoms with Crippen molar-refractivity contribution < 1.29 is 4.74 Å². The van der Waals surface area contributed by atoms with E-state index in [2.05, 4.69) is 32.1 Å². The maximum absolute atomic E-state index is 5.80. The Kier molecular flexibility index (Phi) is 5.38. The summed E-state index contributed by atoms with van der Waals surface area (Å²) in [6.45, 7) is 6.21. The second-order valence-electron chi connectivity index (χ2n) is 5.26. The van der Waals surface area contributed by atoms with E-state index < -0.39 is 0 Å². The molecule has 1 aliphatic heterocycles. The molecule has 1 N–H and O–H groups in total. The lowest BCUT2D eigenvalue weighted by atomic mass is 10.1. The van der Waals surface area contributed by atoms with Gasteiger partial charge in [-0.1, -0.05) is 13.3 Å². The Morgan fingerprint density at radius 1 is 1.20 bits per heavy atom. The highest BCUT2D eigenvalue weighted by atomic mass is 16.5. The minimum absolute atomic E-state index is 0.126. The summed E-state index contributed by atoms with van der Waals surface area (Å²) in [6, 6.07) is 0.422. The number of nitrogens with one attached hydrogen (secondary N) is 1. The van der Waals surface area contributed by atoms with Gasteiger partial charge in [-0.25, -0.2) is 0 Å². The average molecular weight is 279 g/mol. The summed E-state index contributed by atoms with van der Waals surface area (Å²) >= 11 is 0. The van der Waals surface area contributed by atoms with Gasteiger partial charge in [-0.15, -0.1) is 0 Å². The summed E-state index contributed by atoms with van der Waals surface area (Å²) < 4.78 is 5.80. The van der Waals surface area contributed by atoms with Crippen LogP contribution in [0.5, 0.6) is 6.01 Å². The van der Waals surface area contributed by atoms with Gasteiger partial charge in [0.2, 0.25) is 11.9 Å². The molecular formula is C14H25N5O. The third-order valence-corrected chi connectivity index (χ3v) is 3.47. The zero-order valence-electron chi connectivity index (χ0n) is 12.7. The molecule has 1 aliphatic rings. The maximum Gasteiger partial charge on any atom is 0.323 e. The van der Waals surface area contributed by atoms with Crippen LogP contribution in [0.2, 0.25) is 0 Å². The predicted molar refractivity (Wildman–Crippen MR) is 80.4 cm³/mol. The molecule has 2 heterocycles. The Balaban J connectivity index is 2.14. The van der Waals surface area contributed by atoms with Crippen molar-refractivity contribution in [1.29, 1.82) is 0 Å². The van der Waals surface area contributed by atoms with Gasteiger partial charge < -0.3 is 15.0 Å². The first-order chi connectivity index (χ1) is 9.72.